The van der Waals surface area contributed by atoms with E-state index in [1.807, 2.05) is 0 Å². The van der Waals surface area contributed by atoms with Gasteiger partial charge < -0.3 is 56.8 Å². The Balaban J connectivity index is 8.91. The van der Waals surface area contributed by atoms with Gasteiger partial charge in [0.25, 0.3) is 21.7 Å². The van der Waals surface area contributed by atoms with Crippen molar-refractivity contribution in [2.24, 2.45) is 27.1 Å². The van der Waals surface area contributed by atoms with Crippen LogP contribution in [0.1, 0.15) is 160 Å². The van der Waals surface area contributed by atoms with Crippen LogP contribution in [0.3, 0.4) is 0 Å². The van der Waals surface area contributed by atoms with E-state index in [-0.39, 0.29) is 131 Å². The summed E-state index contributed by atoms with van der Waals surface area (Å²) in [6.07, 6.45) is -4.49. The lowest BCUT2D eigenvalue weighted by atomic mass is 9.66. The van der Waals surface area contributed by atoms with Gasteiger partial charge in [0.1, 0.15) is 0 Å². The van der Waals surface area contributed by atoms with E-state index in [1.165, 1.54) is 83.1 Å². The maximum atomic E-state index is 13.9. The van der Waals surface area contributed by atoms with Crippen molar-refractivity contribution in [2.75, 3.05) is 79.3 Å². The van der Waals surface area contributed by atoms with E-state index in [2.05, 4.69) is 0 Å². The summed E-state index contributed by atoms with van der Waals surface area (Å²) in [5.74, 6) is -15.5. The Morgan fingerprint density at radius 2 is 0.299 bits per heavy atom. The highest BCUT2D eigenvalue weighted by Gasteiger charge is 2.61. The van der Waals surface area contributed by atoms with E-state index >= 15 is 0 Å². The lowest BCUT2D eigenvalue weighted by Crippen LogP contribution is -2.50. The molecule has 0 radical (unpaired) electrons. The summed E-state index contributed by atoms with van der Waals surface area (Å²) in [4.78, 5) is 167. The molecule has 0 aliphatic rings. The minimum atomic E-state index is -2.71. The number of rotatable bonds is 40. The lowest BCUT2D eigenvalue weighted by Gasteiger charge is -2.38. The quantitative estimate of drug-likeness (QED) is 0.0423. The number of hydrogen-bond donors (Lipinski definition) is 0. The van der Waals surface area contributed by atoms with Crippen LogP contribution >= 0.6 is 0 Å². The molecule has 24 heteroatoms. The normalized spacial score (nSPS) is 11.7. The number of ether oxygens (including phenoxy) is 12. The van der Waals surface area contributed by atoms with Gasteiger partial charge in [-0.05, 0) is 140 Å². The van der Waals surface area contributed by atoms with Crippen molar-refractivity contribution in [2.45, 2.75) is 160 Å². The minimum Gasteiger partial charge on any atom is -0.465 e. The van der Waals surface area contributed by atoms with Gasteiger partial charge in [0.05, 0.1) is 79.3 Å². The number of carbonyl (C=O) groups is 12. The van der Waals surface area contributed by atoms with E-state index < -0.39 is 124 Å². The molecule has 0 unspecified atom stereocenters. The smallest absolute Gasteiger partial charge is 0.335 e. The monoisotopic (exact) mass is 1100 g/mol. The molecule has 0 saturated heterocycles. The molecular formula is C53H84O24. The standard InChI is InChI=1S/C53H84O24/c1-13-66-37(54)50(38(55)67-14-2,39(56)68-15-3)33-25-29-49(30-26-34-51(40(57)69-16-4,41(58)70-17-5)42(59)71-18-6,31-27-35-52(43(60)72-19-7,44(61)73-20-8)45(62)74-21-9)32-28-36-53(46(63)75-22-10,47(64)76-23-11)48(65)77-24-12/h13-36H2,1-12H3. The van der Waals surface area contributed by atoms with E-state index in [4.69, 9.17) is 56.8 Å². The average molecular weight is 1110 g/mol. The second-order valence-corrected chi connectivity index (χ2v) is 17.2. The van der Waals surface area contributed by atoms with Gasteiger partial charge in [0, 0.05) is 0 Å². The molecule has 0 aromatic rings. The van der Waals surface area contributed by atoms with Gasteiger partial charge in [-0.1, -0.05) is 25.7 Å². The second-order valence-electron chi connectivity index (χ2n) is 17.2. The summed E-state index contributed by atoms with van der Waals surface area (Å²) in [7, 11) is 0. The summed E-state index contributed by atoms with van der Waals surface area (Å²) in [6.45, 7) is 14.0. The van der Waals surface area contributed by atoms with Crippen LogP contribution in [0, 0.1) is 27.1 Å². The first-order chi connectivity index (χ1) is 36.6. The highest BCUT2D eigenvalue weighted by molar-refractivity contribution is 6.20. The first-order valence-electron chi connectivity index (χ1n) is 26.7. The summed E-state index contributed by atoms with van der Waals surface area (Å²) >= 11 is 0. The molecule has 0 aromatic heterocycles. The molecule has 0 rings (SSSR count). The van der Waals surface area contributed by atoms with Gasteiger partial charge in [-0.15, -0.1) is 0 Å². The third kappa shape index (κ3) is 17.8. The Kier molecular flexibility index (Phi) is 32.9. The van der Waals surface area contributed by atoms with Crippen LogP contribution < -0.4 is 0 Å². The molecule has 0 atom stereocenters. The first-order valence-corrected chi connectivity index (χ1v) is 26.7. The molecule has 0 fully saturated rings. The van der Waals surface area contributed by atoms with E-state index in [0.717, 1.165) is 0 Å². The summed E-state index contributed by atoms with van der Waals surface area (Å²) in [5, 5.41) is 0. The molecule has 77 heavy (non-hydrogen) atoms. The van der Waals surface area contributed by atoms with Crippen LogP contribution in [-0.4, -0.2) is 151 Å². The zero-order valence-corrected chi connectivity index (χ0v) is 47.3. The van der Waals surface area contributed by atoms with Crippen molar-refractivity contribution >= 4 is 71.6 Å². The Bertz CT molecular complexity index is 1510. The molecule has 0 spiro atoms. The van der Waals surface area contributed by atoms with Gasteiger partial charge in [0.15, 0.2) is 0 Å². The molecule has 440 valence electrons. The van der Waals surface area contributed by atoms with Gasteiger partial charge in [-0.3, -0.25) is 57.5 Å². The van der Waals surface area contributed by atoms with Gasteiger partial charge in [-0.2, -0.15) is 0 Å². The van der Waals surface area contributed by atoms with Crippen LogP contribution in [0.2, 0.25) is 0 Å². The maximum Gasteiger partial charge on any atom is 0.335 e. The van der Waals surface area contributed by atoms with Crippen LogP contribution in [0.5, 0.6) is 0 Å². The molecule has 0 aromatic carbocycles. The van der Waals surface area contributed by atoms with Gasteiger partial charge in [-0.25, -0.2) is 0 Å². The van der Waals surface area contributed by atoms with Crippen LogP contribution in [-0.2, 0) is 114 Å². The third-order valence-electron chi connectivity index (χ3n) is 12.5. The fraction of sp³-hybridized carbons (Fsp3) is 0.774. The average Bonchev–Trinajstić information content (AvgIpc) is 3.37. The molecule has 0 aliphatic heterocycles. The molecule has 0 aliphatic carbocycles. The molecule has 24 nitrogen and oxygen atoms in total. The predicted octanol–water partition coefficient (Wildman–Crippen LogP) is 5.36. The van der Waals surface area contributed by atoms with Crippen molar-refractivity contribution in [3.63, 3.8) is 0 Å². The molecular weight excluding hydrogens is 1020 g/mol. The summed E-state index contributed by atoms with van der Waals surface area (Å²) in [5.41, 5.74) is -12.3. The molecule has 0 saturated carbocycles. The zero-order chi connectivity index (χ0) is 58.9. The Hall–Kier alpha value is -6.36. The predicted molar refractivity (Wildman–Crippen MR) is 267 cm³/mol. The van der Waals surface area contributed by atoms with Crippen LogP contribution in [0.4, 0.5) is 0 Å². The fourth-order valence-corrected chi connectivity index (χ4v) is 8.94. The van der Waals surface area contributed by atoms with Gasteiger partial charge >= 0.3 is 71.6 Å². The Morgan fingerprint density at radius 3 is 0.390 bits per heavy atom. The fourth-order valence-electron chi connectivity index (χ4n) is 8.94. The van der Waals surface area contributed by atoms with Crippen molar-refractivity contribution in [1.82, 2.24) is 0 Å². The maximum absolute atomic E-state index is 13.9. The summed E-state index contributed by atoms with van der Waals surface area (Å²) < 4.78 is 63.3. The third-order valence-corrected chi connectivity index (χ3v) is 12.5. The number of hydrogen-bond acceptors (Lipinski definition) is 24. The summed E-state index contributed by atoms with van der Waals surface area (Å²) in [6, 6.07) is 0. The molecule has 0 N–H and O–H groups in total. The highest BCUT2D eigenvalue weighted by Crippen LogP contribution is 2.47. The molecule has 0 bridgehead atoms. The van der Waals surface area contributed by atoms with Crippen molar-refractivity contribution in [3.8, 4) is 0 Å². The lowest BCUT2D eigenvalue weighted by molar-refractivity contribution is -0.187. The molecule has 0 heterocycles. The topological polar surface area (TPSA) is 316 Å². The van der Waals surface area contributed by atoms with Gasteiger partial charge in [0.2, 0.25) is 0 Å². The van der Waals surface area contributed by atoms with E-state index in [0.29, 0.717) is 0 Å². The Labute approximate surface area is 451 Å². The highest BCUT2D eigenvalue weighted by atomic mass is 16.6. The zero-order valence-electron chi connectivity index (χ0n) is 47.3. The van der Waals surface area contributed by atoms with Crippen LogP contribution in [0.15, 0.2) is 0 Å². The first kappa shape index (κ1) is 70.6. The van der Waals surface area contributed by atoms with Crippen molar-refractivity contribution < 1.29 is 114 Å². The Morgan fingerprint density at radius 1 is 0.195 bits per heavy atom. The van der Waals surface area contributed by atoms with Crippen LogP contribution in [0.25, 0.3) is 0 Å². The minimum absolute atomic E-state index is 0.200. The van der Waals surface area contributed by atoms with E-state index in [1.54, 1.807) is 0 Å². The van der Waals surface area contributed by atoms with E-state index in [9.17, 15) is 57.5 Å². The number of carbonyl (C=O) groups excluding carboxylic acids is 12. The van der Waals surface area contributed by atoms with Crippen molar-refractivity contribution in [3.05, 3.63) is 0 Å². The molecule has 0 amide bonds. The largest absolute Gasteiger partial charge is 0.465 e. The second kappa shape index (κ2) is 35.9. The van der Waals surface area contributed by atoms with Crippen molar-refractivity contribution in [1.29, 1.82) is 0 Å². The number of esters is 12. The SMILES string of the molecule is CCOC(=O)C(CCCC(CCCC(C(=O)OCC)(C(=O)OCC)C(=O)OCC)(CCCC(C(=O)OCC)(C(=O)OCC)C(=O)OCC)CCCC(C(=O)OCC)(C(=O)OCC)C(=O)OCC)(C(=O)OCC)C(=O)OCC.